The normalized spacial score (nSPS) is 14.6. The number of hydrogen-bond donors (Lipinski definition) is 3. The second kappa shape index (κ2) is 11.5. The second-order valence-electron chi connectivity index (χ2n) is 9.49. The first-order valence-electron chi connectivity index (χ1n) is 12.5. The largest absolute Gasteiger partial charge is 0.416 e. The summed E-state index contributed by atoms with van der Waals surface area (Å²) in [7, 11) is 2.07. The molecule has 0 bridgehead atoms. The number of hydrogen-bond acceptors (Lipinski definition) is 9. The van der Waals surface area contributed by atoms with Crippen LogP contribution in [0.2, 0.25) is 0 Å². The number of piperazine rings is 1. The van der Waals surface area contributed by atoms with Gasteiger partial charge in [0, 0.05) is 49.2 Å². The molecule has 214 valence electrons. The predicted octanol–water partition coefficient (Wildman–Crippen LogP) is 4.09. The number of carbonyl (C=O) groups excluding carboxylic acids is 1. The number of nitrogens with one attached hydrogen (secondary N) is 3. The third-order valence-corrected chi connectivity index (χ3v) is 6.42. The van der Waals surface area contributed by atoms with Crippen LogP contribution in [-0.4, -0.2) is 73.8 Å². The molecule has 1 saturated heterocycles. The highest BCUT2D eigenvalue weighted by molar-refractivity contribution is 6.04. The molecule has 2 aromatic heterocycles. The molecule has 2 aromatic carbocycles. The standard InChI is InChI=1S/C26H26F4N10O/c1-16-3-4-20(35-24(41)17-9-18(26(28,29)30)11-19(27)10-17)12-21(16)36-25-33-15-34-40(25)23-13-22(31-14-32-23)37-39-7-5-38(2)6-8-39/h3-4,9-15H,5-8H2,1-2H3,(H,35,41)(H,31,32,37)(H,33,34,36). The molecule has 0 aliphatic carbocycles. The summed E-state index contributed by atoms with van der Waals surface area (Å²) in [6.07, 6.45) is -2.03. The lowest BCUT2D eigenvalue weighted by Crippen LogP contribution is -2.47. The Morgan fingerprint density at radius 2 is 1.73 bits per heavy atom. The third kappa shape index (κ3) is 6.75. The molecule has 0 spiro atoms. The van der Waals surface area contributed by atoms with E-state index in [0.29, 0.717) is 35.4 Å². The first-order chi connectivity index (χ1) is 19.5. The first-order valence-corrected chi connectivity index (χ1v) is 12.5. The number of halogens is 4. The van der Waals surface area contributed by atoms with E-state index in [0.717, 1.165) is 37.8 Å². The van der Waals surface area contributed by atoms with Crippen molar-refractivity contribution in [3.8, 4) is 5.82 Å². The molecule has 1 amide bonds. The number of aromatic nitrogens is 5. The molecule has 0 atom stereocenters. The second-order valence-corrected chi connectivity index (χ2v) is 9.49. The summed E-state index contributed by atoms with van der Waals surface area (Å²) < 4.78 is 54.5. The zero-order chi connectivity index (χ0) is 29.1. The maximum atomic E-state index is 13.8. The van der Waals surface area contributed by atoms with Gasteiger partial charge < -0.3 is 21.0 Å². The van der Waals surface area contributed by atoms with Gasteiger partial charge in [-0.15, -0.1) is 0 Å². The van der Waals surface area contributed by atoms with Gasteiger partial charge in [0.15, 0.2) is 5.82 Å². The lowest BCUT2D eigenvalue weighted by atomic mass is 10.1. The zero-order valence-electron chi connectivity index (χ0n) is 22.1. The molecule has 11 nitrogen and oxygen atoms in total. The summed E-state index contributed by atoms with van der Waals surface area (Å²) in [4.78, 5) is 27.8. The minimum absolute atomic E-state index is 0.271. The Morgan fingerprint density at radius 1 is 0.951 bits per heavy atom. The highest BCUT2D eigenvalue weighted by atomic mass is 19.4. The van der Waals surface area contributed by atoms with Crippen molar-refractivity contribution in [2.24, 2.45) is 0 Å². The summed E-state index contributed by atoms with van der Waals surface area (Å²) in [5, 5.41) is 12.0. The van der Waals surface area contributed by atoms with Crippen LogP contribution in [0.15, 0.2) is 55.1 Å². The number of nitrogens with zero attached hydrogens (tertiary/aromatic N) is 7. The SMILES string of the molecule is Cc1ccc(NC(=O)c2cc(F)cc(C(F)(F)F)c2)cc1Nc1ncnn1-c1cc(NN2CCN(C)CC2)ncn1. The number of likely N-dealkylation sites (N-methyl/N-ethyl adjacent to an activating group) is 1. The Balaban J connectivity index is 1.32. The van der Waals surface area contributed by atoms with E-state index in [-0.39, 0.29) is 5.69 Å². The summed E-state index contributed by atoms with van der Waals surface area (Å²) in [6, 6.07) is 8.27. The van der Waals surface area contributed by atoms with Crippen LogP contribution in [0, 0.1) is 12.7 Å². The first kappa shape index (κ1) is 27.9. The average molecular weight is 571 g/mol. The molecule has 5 rings (SSSR count). The lowest BCUT2D eigenvalue weighted by Gasteiger charge is -2.32. The molecular weight excluding hydrogens is 544 g/mol. The predicted molar refractivity (Wildman–Crippen MR) is 143 cm³/mol. The fourth-order valence-electron chi connectivity index (χ4n) is 4.14. The summed E-state index contributed by atoms with van der Waals surface area (Å²) in [6.45, 7) is 5.34. The van der Waals surface area contributed by atoms with E-state index in [4.69, 9.17) is 0 Å². The number of aryl methyl sites for hydroxylation is 1. The van der Waals surface area contributed by atoms with Crippen LogP contribution in [0.5, 0.6) is 0 Å². The number of hydrazine groups is 1. The molecule has 4 aromatic rings. The van der Waals surface area contributed by atoms with Gasteiger partial charge in [-0.3, -0.25) is 4.79 Å². The Hall–Kier alpha value is -4.63. The van der Waals surface area contributed by atoms with Crippen LogP contribution in [0.3, 0.4) is 0 Å². The van der Waals surface area contributed by atoms with E-state index in [2.05, 4.69) is 53.1 Å². The molecule has 1 aliphatic heterocycles. The molecule has 41 heavy (non-hydrogen) atoms. The summed E-state index contributed by atoms with van der Waals surface area (Å²) in [5.41, 5.74) is 3.16. The van der Waals surface area contributed by atoms with E-state index in [1.807, 2.05) is 6.92 Å². The Bertz CT molecular complexity index is 1550. The molecule has 0 unspecified atom stereocenters. The molecule has 3 N–H and O–H groups in total. The van der Waals surface area contributed by atoms with Crippen molar-refractivity contribution in [1.29, 1.82) is 0 Å². The van der Waals surface area contributed by atoms with Crippen molar-refractivity contribution in [3.05, 3.63) is 77.6 Å². The number of amides is 1. The van der Waals surface area contributed by atoms with Crippen LogP contribution in [0.1, 0.15) is 21.5 Å². The van der Waals surface area contributed by atoms with Crippen LogP contribution in [0.25, 0.3) is 5.82 Å². The lowest BCUT2D eigenvalue weighted by molar-refractivity contribution is -0.137. The number of carbonyl (C=O) groups is 1. The molecule has 1 fully saturated rings. The molecular formula is C26H26F4N10O. The number of anilines is 4. The van der Waals surface area contributed by atoms with E-state index in [9.17, 15) is 22.4 Å². The quantitative estimate of drug-likeness (QED) is 0.283. The van der Waals surface area contributed by atoms with Crippen LogP contribution in [-0.2, 0) is 6.18 Å². The maximum absolute atomic E-state index is 13.8. The van der Waals surface area contributed by atoms with E-state index < -0.39 is 29.0 Å². The van der Waals surface area contributed by atoms with Crippen LogP contribution < -0.4 is 16.1 Å². The van der Waals surface area contributed by atoms with Gasteiger partial charge in [-0.25, -0.2) is 19.4 Å². The summed E-state index contributed by atoms with van der Waals surface area (Å²) in [5.74, 6) is -0.699. The van der Waals surface area contributed by atoms with Crippen molar-refractivity contribution in [3.63, 3.8) is 0 Å². The van der Waals surface area contributed by atoms with Crippen molar-refractivity contribution >= 4 is 29.0 Å². The fourth-order valence-corrected chi connectivity index (χ4v) is 4.14. The summed E-state index contributed by atoms with van der Waals surface area (Å²) >= 11 is 0. The Morgan fingerprint density at radius 3 is 2.49 bits per heavy atom. The monoisotopic (exact) mass is 570 g/mol. The van der Waals surface area contributed by atoms with Gasteiger partial charge in [0.05, 0.1) is 5.56 Å². The Labute approximate surface area is 232 Å². The smallest absolute Gasteiger partial charge is 0.324 e. The average Bonchev–Trinajstić information content (AvgIpc) is 3.39. The Kier molecular flexibility index (Phi) is 7.81. The molecule has 0 radical (unpaired) electrons. The molecule has 15 heteroatoms. The molecule has 0 saturated carbocycles. The minimum atomic E-state index is -4.79. The number of alkyl halides is 3. The minimum Gasteiger partial charge on any atom is -0.324 e. The highest BCUT2D eigenvalue weighted by Gasteiger charge is 2.32. The van der Waals surface area contributed by atoms with Crippen molar-refractivity contribution in [2.45, 2.75) is 13.1 Å². The topological polar surface area (TPSA) is 116 Å². The van der Waals surface area contributed by atoms with Gasteiger partial charge in [0.1, 0.15) is 24.3 Å². The zero-order valence-corrected chi connectivity index (χ0v) is 22.1. The maximum Gasteiger partial charge on any atom is 0.416 e. The number of rotatable bonds is 7. The van der Waals surface area contributed by atoms with Gasteiger partial charge >= 0.3 is 6.18 Å². The van der Waals surface area contributed by atoms with Crippen molar-refractivity contribution < 1.29 is 22.4 Å². The highest BCUT2D eigenvalue weighted by Crippen LogP contribution is 2.31. The van der Waals surface area contributed by atoms with Gasteiger partial charge in [-0.1, -0.05) is 6.07 Å². The van der Waals surface area contributed by atoms with Gasteiger partial charge in [0.25, 0.3) is 5.91 Å². The van der Waals surface area contributed by atoms with Gasteiger partial charge in [-0.05, 0) is 49.9 Å². The van der Waals surface area contributed by atoms with Crippen LogP contribution in [0.4, 0.5) is 40.7 Å². The van der Waals surface area contributed by atoms with Gasteiger partial charge in [-0.2, -0.15) is 27.9 Å². The van der Waals surface area contributed by atoms with Gasteiger partial charge in [0.2, 0.25) is 5.95 Å². The van der Waals surface area contributed by atoms with Crippen molar-refractivity contribution in [1.82, 2.24) is 34.6 Å². The van der Waals surface area contributed by atoms with E-state index in [1.165, 1.54) is 17.3 Å². The van der Waals surface area contributed by atoms with E-state index >= 15 is 0 Å². The third-order valence-electron chi connectivity index (χ3n) is 6.42. The van der Waals surface area contributed by atoms with Crippen molar-refractivity contribution in [2.75, 3.05) is 49.3 Å². The number of benzene rings is 2. The van der Waals surface area contributed by atoms with E-state index in [1.54, 1.807) is 24.3 Å². The molecule has 1 aliphatic rings. The molecule has 3 heterocycles. The fraction of sp³-hybridized carbons (Fsp3) is 0.269. The van der Waals surface area contributed by atoms with Crippen LogP contribution >= 0.6 is 0 Å².